The van der Waals surface area contributed by atoms with Crippen LogP contribution >= 0.6 is 0 Å². The van der Waals surface area contributed by atoms with Crippen LogP contribution in [0.4, 0.5) is 17.6 Å². The molecular formula is C15H14F4N2. The molecular weight excluding hydrogens is 284 g/mol. The van der Waals surface area contributed by atoms with Crippen molar-refractivity contribution in [2.24, 2.45) is 0 Å². The van der Waals surface area contributed by atoms with Crippen molar-refractivity contribution < 1.29 is 17.6 Å². The Labute approximate surface area is 119 Å². The fourth-order valence-electron chi connectivity index (χ4n) is 1.92. The zero-order chi connectivity index (χ0) is 15.8. The number of nitrogens with zero attached hydrogens (tertiary/aromatic N) is 2. The van der Waals surface area contributed by atoms with E-state index in [2.05, 4.69) is 9.97 Å². The molecule has 0 radical (unpaired) electrons. The summed E-state index contributed by atoms with van der Waals surface area (Å²) in [7, 11) is 0. The van der Waals surface area contributed by atoms with Crippen molar-refractivity contribution in [3.8, 4) is 11.3 Å². The third-order valence-corrected chi connectivity index (χ3v) is 3.14. The van der Waals surface area contributed by atoms with Crippen molar-refractivity contribution in [2.75, 3.05) is 0 Å². The summed E-state index contributed by atoms with van der Waals surface area (Å²) < 4.78 is 53.4. The Kier molecular flexibility index (Phi) is 3.74. The number of rotatable bonds is 3. The van der Waals surface area contributed by atoms with Crippen LogP contribution in [0.5, 0.6) is 0 Å². The first kappa shape index (κ1) is 15.4. The molecule has 0 fully saturated rings. The highest BCUT2D eigenvalue weighted by atomic mass is 19.3. The lowest BCUT2D eigenvalue weighted by atomic mass is 9.99. The van der Waals surface area contributed by atoms with Gasteiger partial charge < -0.3 is 0 Å². The standard InChI is InChI=1S/C15H14F4N2/c1-9-4-5-10(14(2,16)17)6-11(9)12-7-13(15(3,18)19)21-8-20-12/h4-8H,1-3H3. The van der Waals surface area contributed by atoms with Crippen molar-refractivity contribution in [2.45, 2.75) is 32.6 Å². The van der Waals surface area contributed by atoms with E-state index in [-0.39, 0.29) is 11.3 Å². The number of aromatic nitrogens is 2. The Balaban J connectivity index is 2.57. The first-order valence-electron chi connectivity index (χ1n) is 6.28. The van der Waals surface area contributed by atoms with Crippen molar-refractivity contribution in [3.63, 3.8) is 0 Å². The molecule has 0 spiro atoms. The van der Waals surface area contributed by atoms with Gasteiger partial charge in [0.2, 0.25) is 0 Å². The van der Waals surface area contributed by atoms with Gasteiger partial charge in [-0.25, -0.2) is 18.7 Å². The highest BCUT2D eigenvalue weighted by Gasteiger charge is 2.28. The number of benzene rings is 1. The van der Waals surface area contributed by atoms with Crippen molar-refractivity contribution in [3.05, 3.63) is 47.4 Å². The zero-order valence-corrected chi connectivity index (χ0v) is 11.8. The number of alkyl halides is 4. The molecule has 2 nitrogen and oxygen atoms in total. The SMILES string of the molecule is Cc1ccc(C(C)(F)F)cc1-c1cc(C(C)(F)F)ncn1. The second-order valence-corrected chi connectivity index (χ2v) is 5.09. The minimum absolute atomic E-state index is 0.188. The van der Waals surface area contributed by atoms with E-state index in [1.54, 1.807) is 6.92 Å². The predicted octanol–water partition coefficient (Wildman–Crippen LogP) is 4.68. The fraction of sp³-hybridized carbons (Fsp3) is 0.333. The second kappa shape index (κ2) is 5.09. The fourth-order valence-corrected chi connectivity index (χ4v) is 1.92. The maximum Gasteiger partial charge on any atom is 0.287 e. The van der Waals surface area contributed by atoms with E-state index in [4.69, 9.17) is 0 Å². The van der Waals surface area contributed by atoms with Crippen molar-refractivity contribution in [1.29, 1.82) is 0 Å². The Morgan fingerprint density at radius 3 is 2.14 bits per heavy atom. The summed E-state index contributed by atoms with van der Waals surface area (Å²) in [5, 5.41) is 0. The molecule has 0 saturated heterocycles. The first-order valence-corrected chi connectivity index (χ1v) is 6.28. The summed E-state index contributed by atoms with van der Waals surface area (Å²) in [6.07, 6.45) is 1.01. The van der Waals surface area contributed by atoms with Gasteiger partial charge in [-0.05, 0) is 24.6 Å². The van der Waals surface area contributed by atoms with Gasteiger partial charge >= 0.3 is 0 Å². The monoisotopic (exact) mass is 298 g/mol. The average Bonchev–Trinajstić information content (AvgIpc) is 2.37. The Bertz CT molecular complexity index is 657. The summed E-state index contributed by atoms with van der Waals surface area (Å²) >= 11 is 0. The van der Waals surface area contributed by atoms with E-state index < -0.39 is 17.5 Å². The summed E-state index contributed by atoms with van der Waals surface area (Å²) in [6, 6.07) is 5.23. The van der Waals surface area contributed by atoms with Gasteiger partial charge in [0.15, 0.2) is 0 Å². The summed E-state index contributed by atoms with van der Waals surface area (Å²) in [6.45, 7) is 3.22. The Morgan fingerprint density at radius 1 is 0.905 bits per heavy atom. The Hall–Kier alpha value is -1.98. The number of hydrogen-bond donors (Lipinski definition) is 0. The molecule has 0 N–H and O–H groups in total. The molecule has 112 valence electrons. The van der Waals surface area contributed by atoms with Crippen LogP contribution in [0, 0.1) is 6.92 Å². The number of halogens is 4. The molecule has 0 saturated carbocycles. The third-order valence-electron chi connectivity index (χ3n) is 3.14. The maximum atomic E-state index is 13.4. The van der Waals surface area contributed by atoms with E-state index in [9.17, 15) is 17.6 Å². The van der Waals surface area contributed by atoms with E-state index >= 15 is 0 Å². The van der Waals surface area contributed by atoms with Gasteiger partial charge in [-0.15, -0.1) is 0 Å². The quantitative estimate of drug-likeness (QED) is 0.769. The smallest absolute Gasteiger partial charge is 0.236 e. The van der Waals surface area contributed by atoms with Gasteiger partial charge in [0, 0.05) is 25.0 Å². The molecule has 0 atom stereocenters. The third kappa shape index (κ3) is 3.37. The highest BCUT2D eigenvalue weighted by Crippen LogP contribution is 2.33. The lowest BCUT2D eigenvalue weighted by Gasteiger charge is -2.15. The molecule has 2 aromatic rings. The second-order valence-electron chi connectivity index (χ2n) is 5.09. The number of aryl methyl sites for hydroxylation is 1. The van der Waals surface area contributed by atoms with Crippen LogP contribution in [0.1, 0.15) is 30.7 Å². The van der Waals surface area contributed by atoms with E-state index in [0.29, 0.717) is 11.1 Å². The minimum atomic E-state index is -3.11. The zero-order valence-electron chi connectivity index (χ0n) is 11.8. The largest absolute Gasteiger partial charge is 0.287 e. The minimum Gasteiger partial charge on any atom is -0.236 e. The predicted molar refractivity (Wildman–Crippen MR) is 71.3 cm³/mol. The average molecular weight is 298 g/mol. The van der Waals surface area contributed by atoms with Crippen molar-refractivity contribution in [1.82, 2.24) is 9.97 Å². The molecule has 0 bridgehead atoms. The lowest BCUT2D eigenvalue weighted by molar-refractivity contribution is 0.0125. The molecule has 0 aliphatic heterocycles. The van der Waals surface area contributed by atoms with Crippen LogP contribution in [0.2, 0.25) is 0 Å². The van der Waals surface area contributed by atoms with Crippen molar-refractivity contribution >= 4 is 0 Å². The molecule has 0 aliphatic carbocycles. The first-order chi connectivity index (χ1) is 9.59. The van der Waals surface area contributed by atoms with E-state index in [1.165, 1.54) is 18.2 Å². The van der Waals surface area contributed by atoms with Crippen LogP contribution in [0.15, 0.2) is 30.6 Å². The van der Waals surface area contributed by atoms with Gasteiger partial charge in [0.25, 0.3) is 11.8 Å². The highest BCUT2D eigenvalue weighted by molar-refractivity contribution is 5.64. The van der Waals surface area contributed by atoms with Crippen LogP contribution < -0.4 is 0 Å². The van der Waals surface area contributed by atoms with Gasteiger partial charge in [-0.1, -0.05) is 12.1 Å². The van der Waals surface area contributed by atoms with Crippen LogP contribution in [-0.2, 0) is 11.8 Å². The van der Waals surface area contributed by atoms with Crippen LogP contribution in [-0.4, -0.2) is 9.97 Å². The van der Waals surface area contributed by atoms with E-state index in [1.807, 2.05) is 0 Å². The van der Waals surface area contributed by atoms with E-state index in [0.717, 1.165) is 26.2 Å². The maximum absolute atomic E-state index is 13.4. The van der Waals surface area contributed by atoms with Gasteiger partial charge in [0.05, 0.1) is 5.69 Å². The van der Waals surface area contributed by atoms with Crippen LogP contribution in [0.25, 0.3) is 11.3 Å². The Morgan fingerprint density at radius 2 is 1.57 bits per heavy atom. The molecule has 1 aromatic heterocycles. The molecule has 0 unspecified atom stereocenters. The van der Waals surface area contributed by atoms with Crippen LogP contribution in [0.3, 0.4) is 0 Å². The molecule has 0 amide bonds. The van der Waals surface area contributed by atoms with Gasteiger partial charge in [-0.3, -0.25) is 0 Å². The molecule has 6 heteroatoms. The molecule has 1 aromatic carbocycles. The summed E-state index contributed by atoms with van der Waals surface area (Å²) in [4.78, 5) is 7.45. The molecule has 0 aliphatic rings. The molecule has 21 heavy (non-hydrogen) atoms. The van der Waals surface area contributed by atoms with Gasteiger partial charge in [0.1, 0.15) is 12.0 Å². The molecule has 2 rings (SSSR count). The topological polar surface area (TPSA) is 25.8 Å². The normalized spacial score (nSPS) is 12.5. The van der Waals surface area contributed by atoms with Gasteiger partial charge in [-0.2, -0.15) is 8.78 Å². The summed E-state index contributed by atoms with van der Waals surface area (Å²) in [5.41, 5.74) is 0.631. The number of hydrogen-bond acceptors (Lipinski definition) is 2. The molecule has 1 heterocycles. The summed E-state index contributed by atoms with van der Waals surface area (Å²) in [5.74, 6) is -6.12. The lowest BCUT2D eigenvalue weighted by Crippen LogP contribution is -2.11.